The molecule has 0 aliphatic carbocycles. The van der Waals surface area contributed by atoms with Crippen LogP contribution in [0.15, 0.2) is 18.2 Å². The summed E-state index contributed by atoms with van der Waals surface area (Å²) in [7, 11) is 2.14. The maximum absolute atomic E-state index is 12.6. The lowest BCUT2D eigenvalue weighted by molar-refractivity contribution is 0.148. The fraction of sp³-hybridized carbons (Fsp3) is 0.500. The van der Waals surface area contributed by atoms with Gasteiger partial charge in [-0.05, 0) is 24.7 Å². The minimum absolute atomic E-state index is 0.280. The molecule has 1 saturated heterocycles. The van der Waals surface area contributed by atoms with Gasteiger partial charge in [0.2, 0.25) is 0 Å². The minimum Gasteiger partial charge on any atom is -0.304 e. The lowest BCUT2D eigenvalue weighted by atomic mass is 10.2. The van der Waals surface area contributed by atoms with Gasteiger partial charge < -0.3 is 4.90 Å². The summed E-state index contributed by atoms with van der Waals surface area (Å²) in [5.74, 6) is -0.280. The number of piperazine rings is 1. The molecule has 15 heavy (non-hydrogen) atoms. The molecule has 0 bridgehead atoms. The van der Waals surface area contributed by atoms with E-state index in [-0.39, 0.29) is 5.82 Å². The van der Waals surface area contributed by atoms with Gasteiger partial charge in [-0.3, -0.25) is 4.90 Å². The summed E-state index contributed by atoms with van der Waals surface area (Å²) < 4.78 is 12.6. The van der Waals surface area contributed by atoms with Crippen LogP contribution in [0.5, 0.6) is 0 Å². The standard InChI is InChI=1S/C12H16FN2/c1-14-6-8-15(9-7-14)10-11-2-4-12(13)5-3-11/h2-4H,6-10H2,1H3. The van der Waals surface area contributed by atoms with Gasteiger partial charge in [-0.2, -0.15) is 0 Å². The molecule has 0 atom stereocenters. The molecular weight excluding hydrogens is 191 g/mol. The molecule has 1 aromatic carbocycles. The Bertz CT molecular complexity index is 302. The number of hydrogen-bond donors (Lipinski definition) is 0. The third-order valence-electron chi connectivity index (χ3n) is 2.84. The van der Waals surface area contributed by atoms with Crippen molar-refractivity contribution < 1.29 is 4.39 Å². The van der Waals surface area contributed by atoms with Gasteiger partial charge in [0.1, 0.15) is 5.82 Å². The lowest BCUT2D eigenvalue weighted by Crippen LogP contribution is -2.43. The van der Waals surface area contributed by atoms with Crippen LogP contribution in [0.3, 0.4) is 0 Å². The molecule has 0 amide bonds. The predicted octanol–water partition coefficient (Wildman–Crippen LogP) is 1.37. The third-order valence-corrected chi connectivity index (χ3v) is 2.84. The van der Waals surface area contributed by atoms with Gasteiger partial charge in [0, 0.05) is 38.8 Å². The highest BCUT2D eigenvalue weighted by Gasteiger charge is 2.13. The van der Waals surface area contributed by atoms with E-state index in [0.29, 0.717) is 0 Å². The predicted molar refractivity (Wildman–Crippen MR) is 58.0 cm³/mol. The second kappa shape index (κ2) is 4.73. The van der Waals surface area contributed by atoms with Gasteiger partial charge >= 0.3 is 0 Å². The molecule has 2 nitrogen and oxygen atoms in total. The Morgan fingerprint density at radius 2 is 2.00 bits per heavy atom. The molecule has 0 unspecified atom stereocenters. The van der Waals surface area contributed by atoms with Crippen molar-refractivity contribution >= 4 is 0 Å². The van der Waals surface area contributed by atoms with E-state index in [1.54, 1.807) is 6.07 Å². The zero-order chi connectivity index (χ0) is 10.7. The zero-order valence-electron chi connectivity index (χ0n) is 9.04. The second-order valence-corrected chi connectivity index (χ2v) is 4.12. The lowest BCUT2D eigenvalue weighted by Gasteiger charge is -2.32. The first-order valence-corrected chi connectivity index (χ1v) is 5.31. The first-order valence-electron chi connectivity index (χ1n) is 5.31. The van der Waals surface area contributed by atoms with Crippen LogP contribution in [-0.2, 0) is 6.54 Å². The molecular formula is C12H16FN2. The highest BCUT2D eigenvalue weighted by molar-refractivity contribution is 5.14. The summed E-state index contributed by atoms with van der Waals surface area (Å²) in [4.78, 5) is 4.72. The monoisotopic (exact) mass is 207 g/mol. The Morgan fingerprint density at radius 3 is 2.60 bits per heavy atom. The van der Waals surface area contributed by atoms with Crippen LogP contribution in [0.2, 0.25) is 0 Å². The Kier molecular flexibility index (Phi) is 3.34. The van der Waals surface area contributed by atoms with Gasteiger partial charge in [0.05, 0.1) is 0 Å². The first-order chi connectivity index (χ1) is 7.24. The molecule has 0 aromatic heterocycles. The summed E-state index contributed by atoms with van der Waals surface area (Å²) in [6.45, 7) is 5.32. The van der Waals surface area contributed by atoms with Gasteiger partial charge in [-0.1, -0.05) is 6.07 Å². The van der Waals surface area contributed by atoms with Crippen molar-refractivity contribution in [1.29, 1.82) is 0 Å². The largest absolute Gasteiger partial charge is 0.304 e. The quantitative estimate of drug-likeness (QED) is 0.722. The Hall–Kier alpha value is -0.930. The molecule has 81 valence electrons. The molecule has 2 rings (SSSR count). The normalized spacial score (nSPS) is 19.3. The summed E-state index contributed by atoms with van der Waals surface area (Å²) in [6, 6.07) is 7.65. The highest BCUT2D eigenvalue weighted by atomic mass is 19.1. The maximum atomic E-state index is 12.6. The highest BCUT2D eigenvalue weighted by Crippen LogP contribution is 2.08. The minimum atomic E-state index is -0.280. The van der Waals surface area contributed by atoms with E-state index in [1.807, 2.05) is 6.07 Å². The fourth-order valence-corrected chi connectivity index (χ4v) is 1.80. The van der Waals surface area contributed by atoms with E-state index in [1.165, 1.54) is 6.07 Å². The van der Waals surface area contributed by atoms with Crippen LogP contribution >= 0.6 is 0 Å². The maximum Gasteiger partial charge on any atom is 0.131 e. The van der Waals surface area contributed by atoms with Crippen molar-refractivity contribution in [2.45, 2.75) is 6.54 Å². The molecule has 0 saturated carbocycles. The Labute approximate surface area is 90.3 Å². The Morgan fingerprint density at radius 1 is 1.27 bits per heavy atom. The third kappa shape index (κ3) is 3.01. The molecule has 1 heterocycles. The summed E-state index contributed by atoms with van der Waals surface area (Å²) in [5.41, 5.74) is 1.14. The van der Waals surface area contributed by atoms with Crippen molar-refractivity contribution in [3.63, 3.8) is 0 Å². The van der Waals surface area contributed by atoms with E-state index in [0.717, 1.165) is 38.3 Å². The Balaban J connectivity index is 1.89. The van der Waals surface area contributed by atoms with Crippen LogP contribution in [0.25, 0.3) is 0 Å². The molecule has 0 N–H and O–H groups in total. The average molecular weight is 207 g/mol. The molecule has 0 spiro atoms. The second-order valence-electron chi connectivity index (χ2n) is 4.12. The van der Waals surface area contributed by atoms with Crippen LogP contribution in [-0.4, -0.2) is 43.0 Å². The smallest absolute Gasteiger partial charge is 0.131 e. The first kappa shape index (κ1) is 10.6. The van der Waals surface area contributed by atoms with Crippen molar-refractivity contribution in [2.24, 2.45) is 0 Å². The van der Waals surface area contributed by atoms with Crippen LogP contribution < -0.4 is 0 Å². The molecule has 1 aliphatic heterocycles. The van der Waals surface area contributed by atoms with E-state index in [9.17, 15) is 4.39 Å². The topological polar surface area (TPSA) is 6.48 Å². The van der Waals surface area contributed by atoms with E-state index in [4.69, 9.17) is 0 Å². The number of benzene rings is 1. The van der Waals surface area contributed by atoms with E-state index < -0.39 is 0 Å². The van der Waals surface area contributed by atoms with Crippen molar-refractivity contribution in [3.05, 3.63) is 35.6 Å². The van der Waals surface area contributed by atoms with Crippen LogP contribution in [0.1, 0.15) is 5.56 Å². The molecule has 3 heteroatoms. The number of rotatable bonds is 2. The number of halogens is 1. The van der Waals surface area contributed by atoms with Crippen LogP contribution in [0, 0.1) is 11.9 Å². The van der Waals surface area contributed by atoms with Gasteiger partial charge in [0.25, 0.3) is 0 Å². The van der Waals surface area contributed by atoms with Crippen molar-refractivity contribution in [1.82, 2.24) is 9.80 Å². The molecule has 1 aromatic rings. The average Bonchev–Trinajstić information content (AvgIpc) is 2.25. The zero-order valence-corrected chi connectivity index (χ0v) is 9.04. The molecule has 1 fully saturated rings. The molecule has 1 radical (unpaired) electrons. The van der Waals surface area contributed by atoms with Gasteiger partial charge in [-0.25, -0.2) is 4.39 Å². The molecule has 1 aliphatic rings. The summed E-state index contributed by atoms with van der Waals surface area (Å²) in [5, 5.41) is 0. The number of hydrogen-bond acceptors (Lipinski definition) is 2. The van der Waals surface area contributed by atoms with Crippen LogP contribution in [0.4, 0.5) is 4.39 Å². The van der Waals surface area contributed by atoms with E-state index >= 15 is 0 Å². The van der Waals surface area contributed by atoms with Crippen molar-refractivity contribution in [2.75, 3.05) is 33.2 Å². The van der Waals surface area contributed by atoms with Gasteiger partial charge in [-0.15, -0.1) is 0 Å². The fourth-order valence-electron chi connectivity index (χ4n) is 1.80. The summed E-state index contributed by atoms with van der Waals surface area (Å²) >= 11 is 0. The van der Waals surface area contributed by atoms with Gasteiger partial charge in [0.15, 0.2) is 0 Å². The number of likely N-dealkylation sites (N-methyl/N-ethyl adjacent to an activating group) is 1. The number of nitrogens with zero attached hydrogens (tertiary/aromatic N) is 2. The van der Waals surface area contributed by atoms with Crippen molar-refractivity contribution in [3.8, 4) is 0 Å². The summed E-state index contributed by atoms with van der Waals surface area (Å²) in [6.07, 6.45) is 0. The SMILES string of the molecule is CN1CCN(Cc2c[c]c(F)cc2)CC1. The van der Waals surface area contributed by atoms with E-state index in [2.05, 4.69) is 22.9 Å².